The van der Waals surface area contributed by atoms with Crippen LogP contribution < -0.4 is 10.3 Å². The molecule has 2 aliphatic heterocycles. The number of aryl methyl sites for hydroxylation is 1. The Balaban J connectivity index is 1.91. The second-order valence-corrected chi connectivity index (χ2v) is 7.97. The number of anilines is 1. The van der Waals surface area contributed by atoms with Crippen LogP contribution in [0.3, 0.4) is 0 Å². The number of amides is 1. The van der Waals surface area contributed by atoms with Crippen LogP contribution >= 0.6 is 0 Å². The van der Waals surface area contributed by atoms with Crippen LogP contribution in [0, 0.1) is 0 Å². The lowest BCUT2D eigenvalue weighted by atomic mass is 9.98. The van der Waals surface area contributed by atoms with Crippen molar-refractivity contribution in [2.45, 2.75) is 19.8 Å². The number of rotatable bonds is 2. The lowest BCUT2D eigenvalue weighted by Gasteiger charge is -2.30. The fourth-order valence-corrected chi connectivity index (χ4v) is 4.40. The van der Waals surface area contributed by atoms with E-state index < -0.39 is 0 Å². The molecule has 3 aliphatic rings. The highest BCUT2D eigenvalue weighted by Gasteiger charge is 2.28. The van der Waals surface area contributed by atoms with Crippen LogP contribution in [0.1, 0.15) is 29.3 Å². The molecule has 0 unspecified atom stereocenters. The third kappa shape index (κ3) is 2.67. The molecule has 152 valence electrons. The monoisotopic (exact) mass is 401 g/mol. The molecule has 0 aromatic heterocycles. The average Bonchev–Trinajstić information content (AvgIpc) is 2.76. The molecule has 1 aliphatic carbocycles. The summed E-state index contributed by atoms with van der Waals surface area (Å²) in [4.78, 5) is 34.7. The highest BCUT2D eigenvalue weighted by molar-refractivity contribution is 6.08. The van der Waals surface area contributed by atoms with Gasteiger partial charge in [-0.05, 0) is 31.4 Å². The van der Waals surface area contributed by atoms with Crippen LogP contribution in [-0.2, 0) is 6.42 Å². The van der Waals surface area contributed by atoms with Gasteiger partial charge < -0.3 is 14.2 Å². The highest BCUT2D eigenvalue weighted by Crippen LogP contribution is 2.37. The summed E-state index contributed by atoms with van der Waals surface area (Å²) >= 11 is 0. The van der Waals surface area contributed by atoms with Crippen molar-refractivity contribution in [1.82, 2.24) is 9.88 Å². The van der Waals surface area contributed by atoms with Gasteiger partial charge in [-0.3, -0.25) is 9.59 Å². The first-order chi connectivity index (χ1) is 14.5. The zero-order chi connectivity index (χ0) is 21.0. The molecule has 0 radical (unpaired) electrons. The maximum absolute atomic E-state index is 13.2. The molecule has 30 heavy (non-hydrogen) atoms. The van der Waals surface area contributed by atoms with E-state index in [9.17, 15) is 9.59 Å². The average molecular weight is 401 g/mol. The Morgan fingerprint density at radius 3 is 2.70 bits per heavy atom. The van der Waals surface area contributed by atoms with Gasteiger partial charge in [-0.15, -0.1) is 0 Å². The van der Waals surface area contributed by atoms with Gasteiger partial charge in [0.1, 0.15) is 16.8 Å². The SMILES string of the molecule is CCN1CCCc2cc3nc4c5ccccc5c(=O)c(C(=O)N(C)C)c-4oc3cc21. The largest absolute Gasteiger partial charge is 0.452 e. The fraction of sp³-hybridized carbons (Fsp3) is 0.292. The normalized spacial score (nSPS) is 13.8. The topological polar surface area (TPSA) is 66.7 Å². The fourth-order valence-electron chi connectivity index (χ4n) is 4.40. The Hall–Kier alpha value is -3.41. The standard InChI is InChI=1S/C24H23N3O3/c1-4-27-11-7-8-14-12-17-19(13-18(14)27)30-23-20(24(29)26(2)3)22(28)16-10-6-5-9-15(16)21(23)25-17/h5-6,9-10,12-13H,4,7-8,11H2,1-3H3. The number of benzene rings is 3. The minimum absolute atomic E-state index is 0.0353. The van der Waals surface area contributed by atoms with Gasteiger partial charge >= 0.3 is 0 Å². The zero-order valence-corrected chi connectivity index (χ0v) is 17.4. The van der Waals surface area contributed by atoms with Gasteiger partial charge in [0.2, 0.25) is 5.43 Å². The van der Waals surface area contributed by atoms with Gasteiger partial charge in [0, 0.05) is 49.7 Å². The Morgan fingerprint density at radius 1 is 1.20 bits per heavy atom. The Morgan fingerprint density at radius 2 is 1.97 bits per heavy atom. The summed E-state index contributed by atoms with van der Waals surface area (Å²) < 4.78 is 6.26. The predicted molar refractivity (Wildman–Crippen MR) is 119 cm³/mol. The van der Waals surface area contributed by atoms with Gasteiger partial charge in [0.15, 0.2) is 11.3 Å². The second-order valence-electron chi connectivity index (χ2n) is 7.97. The number of carbonyl (C=O) groups excluding carboxylic acids is 1. The van der Waals surface area contributed by atoms with Crippen LogP contribution in [0.4, 0.5) is 5.69 Å². The molecule has 2 heterocycles. The molecule has 2 aromatic carbocycles. The van der Waals surface area contributed by atoms with E-state index in [2.05, 4.69) is 17.9 Å². The van der Waals surface area contributed by atoms with Gasteiger partial charge in [0.25, 0.3) is 5.91 Å². The maximum Gasteiger partial charge on any atom is 0.261 e. The molecule has 0 saturated carbocycles. The lowest BCUT2D eigenvalue weighted by molar-refractivity contribution is 0.0825. The minimum atomic E-state index is -0.381. The summed E-state index contributed by atoms with van der Waals surface area (Å²) in [6, 6.07) is 11.3. The zero-order valence-electron chi connectivity index (χ0n) is 17.4. The molecule has 0 bridgehead atoms. The van der Waals surface area contributed by atoms with Crippen molar-refractivity contribution in [1.29, 1.82) is 0 Å². The Bertz CT molecular complexity index is 1340. The highest BCUT2D eigenvalue weighted by atomic mass is 16.3. The Labute approximate surface area is 174 Å². The van der Waals surface area contributed by atoms with E-state index in [0.29, 0.717) is 22.0 Å². The van der Waals surface area contributed by atoms with E-state index in [4.69, 9.17) is 9.40 Å². The quantitative estimate of drug-likeness (QED) is 0.376. The van der Waals surface area contributed by atoms with Crippen molar-refractivity contribution in [2.24, 2.45) is 0 Å². The first-order valence-electron chi connectivity index (χ1n) is 10.3. The smallest absolute Gasteiger partial charge is 0.261 e. The van der Waals surface area contributed by atoms with Gasteiger partial charge in [-0.25, -0.2) is 4.98 Å². The third-order valence-corrected chi connectivity index (χ3v) is 5.92. The number of fused-ring (bicyclic) bond motifs is 5. The number of hydrogen-bond acceptors (Lipinski definition) is 5. The van der Waals surface area contributed by atoms with Crippen molar-refractivity contribution in [3.63, 3.8) is 0 Å². The summed E-state index contributed by atoms with van der Waals surface area (Å²) in [6.07, 6.45) is 2.12. The van der Waals surface area contributed by atoms with Crippen LogP contribution in [-0.4, -0.2) is 43.0 Å². The molecule has 5 rings (SSSR count). The summed E-state index contributed by atoms with van der Waals surface area (Å²) in [5.74, 6) is -0.127. The molecule has 2 aromatic rings. The molecule has 6 heteroatoms. The molecule has 0 saturated heterocycles. The number of hydrogen-bond donors (Lipinski definition) is 0. The molecule has 0 spiro atoms. The van der Waals surface area contributed by atoms with E-state index >= 15 is 0 Å². The number of carbonyl (C=O) groups is 1. The first-order valence-corrected chi connectivity index (χ1v) is 10.3. The van der Waals surface area contributed by atoms with Gasteiger partial charge in [0.05, 0.1) is 0 Å². The van der Waals surface area contributed by atoms with Crippen molar-refractivity contribution < 1.29 is 9.21 Å². The number of nitrogens with zero attached hydrogens (tertiary/aromatic N) is 3. The van der Waals surface area contributed by atoms with Crippen molar-refractivity contribution in [3.8, 4) is 11.5 Å². The molecule has 1 amide bonds. The van der Waals surface area contributed by atoms with E-state index in [1.54, 1.807) is 26.2 Å². The third-order valence-electron chi connectivity index (χ3n) is 5.92. The van der Waals surface area contributed by atoms with E-state index in [0.717, 1.165) is 37.1 Å². The van der Waals surface area contributed by atoms with Crippen LogP contribution in [0.25, 0.3) is 33.3 Å². The molecular formula is C24H23N3O3. The molecule has 6 nitrogen and oxygen atoms in total. The minimum Gasteiger partial charge on any atom is -0.452 e. The molecule has 0 N–H and O–H groups in total. The second kappa shape index (κ2) is 6.83. The maximum atomic E-state index is 13.2. The molecule has 0 atom stereocenters. The molecule has 0 fully saturated rings. The Kier molecular flexibility index (Phi) is 4.24. The summed E-state index contributed by atoms with van der Waals surface area (Å²) in [6.45, 7) is 4.06. The van der Waals surface area contributed by atoms with Gasteiger partial charge in [-0.2, -0.15) is 0 Å². The van der Waals surface area contributed by atoms with E-state index in [1.807, 2.05) is 18.2 Å². The van der Waals surface area contributed by atoms with E-state index in [1.165, 1.54) is 10.5 Å². The van der Waals surface area contributed by atoms with Crippen LogP contribution in [0.2, 0.25) is 0 Å². The summed E-state index contributed by atoms with van der Waals surface area (Å²) in [5, 5.41) is 1.18. The van der Waals surface area contributed by atoms with Crippen molar-refractivity contribution >= 4 is 33.5 Å². The van der Waals surface area contributed by atoms with Crippen LogP contribution in [0.5, 0.6) is 0 Å². The predicted octanol–water partition coefficient (Wildman–Crippen LogP) is 3.92. The molecular weight excluding hydrogens is 378 g/mol. The first kappa shape index (κ1) is 18.6. The van der Waals surface area contributed by atoms with Crippen molar-refractivity contribution in [2.75, 3.05) is 32.1 Å². The van der Waals surface area contributed by atoms with Gasteiger partial charge in [-0.1, -0.05) is 24.3 Å². The van der Waals surface area contributed by atoms with E-state index in [-0.39, 0.29) is 22.7 Å². The van der Waals surface area contributed by atoms with Crippen molar-refractivity contribution in [3.05, 3.63) is 57.7 Å². The lowest BCUT2D eigenvalue weighted by Crippen LogP contribution is -2.29. The summed E-state index contributed by atoms with van der Waals surface area (Å²) in [5.41, 5.74) is 3.99. The number of aromatic nitrogens is 1. The van der Waals surface area contributed by atoms with Crippen LogP contribution in [0.15, 0.2) is 45.6 Å². The summed E-state index contributed by atoms with van der Waals surface area (Å²) in [7, 11) is 3.26.